The first kappa shape index (κ1) is 12.0. The van der Waals surface area contributed by atoms with E-state index in [4.69, 9.17) is 4.74 Å². The number of hydrogen-bond donors (Lipinski definition) is 1. The van der Waals surface area contributed by atoms with E-state index in [1.165, 1.54) is 25.9 Å². The molecule has 0 saturated carbocycles. The van der Waals surface area contributed by atoms with E-state index in [0.717, 1.165) is 19.0 Å². The highest BCUT2D eigenvalue weighted by Crippen LogP contribution is 2.13. The molecule has 1 aliphatic heterocycles. The monoisotopic (exact) mass is 200 g/mol. The molecule has 2 atom stereocenters. The van der Waals surface area contributed by atoms with Crippen LogP contribution in [0.25, 0.3) is 0 Å². The maximum absolute atomic E-state index is 5.41. The summed E-state index contributed by atoms with van der Waals surface area (Å²) in [7, 11) is 3.84. The van der Waals surface area contributed by atoms with Crippen LogP contribution >= 0.6 is 0 Å². The molecule has 2 unspecified atom stereocenters. The first-order valence-corrected chi connectivity index (χ1v) is 5.66. The molecular formula is C11H24N2O. The summed E-state index contributed by atoms with van der Waals surface area (Å²) >= 11 is 0. The molecule has 1 N–H and O–H groups in total. The Bertz CT molecular complexity index is 152. The summed E-state index contributed by atoms with van der Waals surface area (Å²) in [5.74, 6) is 0.732. The normalized spacial score (nSPS) is 26.4. The van der Waals surface area contributed by atoms with E-state index in [-0.39, 0.29) is 0 Å². The van der Waals surface area contributed by atoms with Crippen LogP contribution in [0.1, 0.15) is 19.8 Å². The largest absolute Gasteiger partial charge is 0.380 e. The quantitative estimate of drug-likeness (QED) is 0.715. The van der Waals surface area contributed by atoms with E-state index >= 15 is 0 Å². The molecular weight excluding hydrogens is 176 g/mol. The highest BCUT2D eigenvalue weighted by molar-refractivity contribution is 4.74. The SMILES string of the molecule is CNCC(C)CN1CCCC(OC)C1. The van der Waals surface area contributed by atoms with Crippen molar-refractivity contribution in [3.8, 4) is 0 Å². The van der Waals surface area contributed by atoms with E-state index in [2.05, 4.69) is 17.1 Å². The lowest BCUT2D eigenvalue weighted by molar-refractivity contribution is 0.0268. The van der Waals surface area contributed by atoms with E-state index in [9.17, 15) is 0 Å². The zero-order valence-corrected chi connectivity index (χ0v) is 9.75. The summed E-state index contributed by atoms with van der Waals surface area (Å²) in [6, 6.07) is 0. The predicted molar refractivity (Wildman–Crippen MR) is 59.6 cm³/mol. The number of rotatable bonds is 5. The summed E-state index contributed by atoms with van der Waals surface area (Å²) < 4.78 is 5.41. The van der Waals surface area contributed by atoms with Gasteiger partial charge in [-0.1, -0.05) is 6.92 Å². The topological polar surface area (TPSA) is 24.5 Å². The third-order valence-electron chi connectivity index (χ3n) is 2.92. The van der Waals surface area contributed by atoms with Gasteiger partial charge in [0, 0.05) is 20.2 Å². The Balaban J connectivity index is 2.22. The zero-order chi connectivity index (χ0) is 10.4. The van der Waals surface area contributed by atoms with E-state index in [1.807, 2.05) is 14.2 Å². The van der Waals surface area contributed by atoms with Gasteiger partial charge in [0.25, 0.3) is 0 Å². The highest BCUT2D eigenvalue weighted by atomic mass is 16.5. The maximum Gasteiger partial charge on any atom is 0.0698 e. The molecule has 0 spiro atoms. The Hall–Kier alpha value is -0.120. The van der Waals surface area contributed by atoms with Crippen LogP contribution in [0, 0.1) is 5.92 Å². The first-order valence-electron chi connectivity index (χ1n) is 5.66. The van der Waals surface area contributed by atoms with Crippen molar-refractivity contribution in [1.29, 1.82) is 0 Å². The summed E-state index contributed by atoms with van der Waals surface area (Å²) in [6.45, 7) is 6.96. The molecule has 1 rings (SSSR count). The molecule has 0 amide bonds. The average molecular weight is 200 g/mol. The first-order chi connectivity index (χ1) is 6.76. The Morgan fingerprint density at radius 1 is 1.57 bits per heavy atom. The lowest BCUT2D eigenvalue weighted by atomic mass is 10.1. The zero-order valence-electron chi connectivity index (χ0n) is 9.75. The minimum Gasteiger partial charge on any atom is -0.380 e. The molecule has 1 aliphatic rings. The second kappa shape index (κ2) is 6.38. The summed E-state index contributed by atoms with van der Waals surface area (Å²) in [6.07, 6.45) is 2.98. The standard InChI is InChI=1S/C11H24N2O/c1-10(7-12-2)8-13-6-4-5-11(9-13)14-3/h10-12H,4-9H2,1-3H3. The Labute approximate surface area is 87.8 Å². The van der Waals surface area contributed by atoms with Crippen molar-refractivity contribution in [3.05, 3.63) is 0 Å². The van der Waals surface area contributed by atoms with Crippen LogP contribution in [0.15, 0.2) is 0 Å². The van der Waals surface area contributed by atoms with Crippen LogP contribution in [-0.4, -0.2) is 51.3 Å². The van der Waals surface area contributed by atoms with Crippen LogP contribution in [0.3, 0.4) is 0 Å². The molecule has 1 heterocycles. The molecule has 14 heavy (non-hydrogen) atoms. The summed E-state index contributed by atoms with van der Waals surface area (Å²) in [5, 5.41) is 3.22. The summed E-state index contributed by atoms with van der Waals surface area (Å²) in [5.41, 5.74) is 0. The van der Waals surface area contributed by atoms with Gasteiger partial charge in [-0.25, -0.2) is 0 Å². The van der Waals surface area contributed by atoms with E-state index in [1.54, 1.807) is 0 Å². The van der Waals surface area contributed by atoms with Crippen molar-refractivity contribution in [2.24, 2.45) is 5.92 Å². The molecule has 3 heteroatoms. The minimum absolute atomic E-state index is 0.463. The van der Waals surface area contributed by atoms with Crippen LogP contribution < -0.4 is 5.32 Å². The molecule has 84 valence electrons. The van der Waals surface area contributed by atoms with Gasteiger partial charge in [0.2, 0.25) is 0 Å². The Kier molecular flexibility index (Phi) is 5.45. The molecule has 0 aromatic heterocycles. The van der Waals surface area contributed by atoms with Gasteiger partial charge in [0.05, 0.1) is 6.10 Å². The van der Waals surface area contributed by atoms with Gasteiger partial charge in [0.1, 0.15) is 0 Å². The Morgan fingerprint density at radius 2 is 2.36 bits per heavy atom. The lowest BCUT2D eigenvalue weighted by Crippen LogP contribution is -2.42. The molecule has 0 bridgehead atoms. The average Bonchev–Trinajstić information content (AvgIpc) is 2.18. The van der Waals surface area contributed by atoms with Crippen LogP contribution in [-0.2, 0) is 4.74 Å². The maximum atomic E-state index is 5.41. The highest BCUT2D eigenvalue weighted by Gasteiger charge is 2.20. The number of methoxy groups -OCH3 is 1. The van der Waals surface area contributed by atoms with Crippen molar-refractivity contribution in [1.82, 2.24) is 10.2 Å². The van der Waals surface area contributed by atoms with E-state index < -0.39 is 0 Å². The van der Waals surface area contributed by atoms with E-state index in [0.29, 0.717) is 6.10 Å². The van der Waals surface area contributed by atoms with Gasteiger partial charge in [-0.15, -0.1) is 0 Å². The minimum atomic E-state index is 0.463. The molecule has 0 aromatic rings. The van der Waals surface area contributed by atoms with Crippen LogP contribution in [0.4, 0.5) is 0 Å². The van der Waals surface area contributed by atoms with Gasteiger partial charge < -0.3 is 15.0 Å². The molecule has 0 aromatic carbocycles. The fraction of sp³-hybridized carbons (Fsp3) is 1.00. The second-order valence-electron chi connectivity index (χ2n) is 4.42. The Morgan fingerprint density at radius 3 is 3.00 bits per heavy atom. The molecule has 3 nitrogen and oxygen atoms in total. The van der Waals surface area contributed by atoms with Gasteiger partial charge in [0.15, 0.2) is 0 Å². The summed E-state index contributed by atoms with van der Waals surface area (Å²) in [4.78, 5) is 2.53. The van der Waals surface area contributed by atoms with Gasteiger partial charge in [-0.3, -0.25) is 0 Å². The van der Waals surface area contributed by atoms with Crippen molar-refractivity contribution >= 4 is 0 Å². The fourth-order valence-corrected chi connectivity index (χ4v) is 2.23. The van der Waals surface area contributed by atoms with Crippen molar-refractivity contribution in [2.75, 3.05) is 40.3 Å². The second-order valence-corrected chi connectivity index (χ2v) is 4.42. The molecule has 1 saturated heterocycles. The number of likely N-dealkylation sites (tertiary alicyclic amines) is 1. The van der Waals surface area contributed by atoms with Crippen LogP contribution in [0.2, 0.25) is 0 Å². The fourth-order valence-electron chi connectivity index (χ4n) is 2.23. The number of hydrogen-bond acceptors (Lipinski definition) is 3. The molecule has 0 aliphatic carbocycles. The number of nitrogens with zero attached hydrogens (tertiary/aromatic N) is 1. The smallest absolute Gasteiger partial charge is 0.0698 e. The predicted octanol–water partition coefficient (Wildman–Crippen LogP) is 0.953. The third-order valence-corrected chi connectivity index (χ3v) is 2.92. The number of piperidine rings is 1. The molecule has 1 fully saturated rings. The van der Waals surface area contributed by atoms with Crippen molar-refractivity contribution in [2.45, 2.75) is 25.9 Å². The van der Waals surface area contributed by atoms with Crippen molar-refractivity contribution in [3.63, 3.8) is 0 Å². The number of nitrogens with one attached hydrogen (secondary N) is 1. The van der Waals surface area contributed by atoms with Crippen molar-refractivity contribution < 1.29 is 4.74 Å². The molecule has 0 radical (unpaired) electrons. The number of ether oxygens (including phenoxy) is 1. The van der Waals surface area contributed by atoms with Gasteiger partial charge >= 0.3 is 0 Å². The van der Waals surface area contributed by atoms with Crippen LogP contribution in [0.5, 0.6) is 0 Å². The lowest BCUT2D eigenvalue weighted by Gasteiger charge is -2.33. The van der Waals surface area contributed by atoms with Gasteiger partial charge in [-0.05, 0) is 38.9 Å². The third kappa shape index (κ3) is 3.95. The van der Waals surface area contributed by atoms with Gasteiger partial charge in [-0.2, -0.15) is 0 Å².